The summed E-state index contributed by atoms with van der Waals surface area (Å²) in [6.45, 7) is 1.93. The highest BCUT2D eigenvalue weighted by Gasteiger charge is 2.23. The van der Waals surface area contributed by atoms with Gasteiger partial charge in [-0.3, -0.25) is 0 Å². The molecule has 0 bridgehead atoms. The van der Waals surface area contributed by atoms with Crippen molar-refractivity contribution in [3.63, 3.8) is 0 Å². The van der Waals surface area contributed by atoms with Crippen LogP contribution in [0.25, 0.3) is 0 Å². The highest BCUT2D eigenvalue weighted by atomic mass is 19.1. The second kappa shape index (κ2) is 6.11. The van der Waals surface area contributed by atoms with Gasteiger partial charge in [-0.15, -0.1) is 0 Å². The summed E-state index contributed by atoms with van der Waals surface area (Å²) in [5, 5.41) is 10.5. The maximum atomic E-state index is 13.3. The SMILES string of the molecule is Cc1ccc(F)cc1C(O)C(CN)c1cccc(F)c1. The summed E-state index contributed by atoms with van der Waals surface area (Å²) in [5.41, 5.74) is 7.55. The second-order valence-electron chi connectivity index (χ2n) is 4.84. The van der Waals surface area contributed by atoms with Crippen molar-refractivity contribution in [2.24, 2.45) is 5.73 Å². The van der Waals surface area contributed by atoms with Gasteiger partial charge in [-0.05, 0) is 47.9 Å². The number of hydrogen-bond acceptors (Lipinski definition) is 2. The van der Waals surface area contributed by atoms with Crippen molar-refractivity contribution >= 4 is 0 Å². The van der Waals surface area contributed by atoms with Crippen LogP contribution in [0.2, 0.25) is 0 Å². The largest absolute Gasteiger partial charge is 0.388 e. The van der Waals surface area contributed by atoms with Gasteiger partial charge in [-0.2, -0.15) is 0 Å². The van der Waals surface area contributed by atoms with Crippen LogP contribution in [0.3, 0.4) is 0 Å². The van der Waals surface area contributed by atoms with Crippen LogP contribution in [-0.4, -0.2) is 11.7 Å². The summed E-state index contributed by atoms with van der Waals surface area (Å²) in [6, 6.07) is 10.2. The van der Waals surface area contributed by atoms with Crippen molar-refractivity contribution in [2.45, 2.75) is 18.9 Å². The summed E-state index contributed by atoms with van der Waals surface area (Å²) < 4.78 is 26.6. The summed E-state index contributed by atoms with van der Waals surface area (Å²) in [4.78, 5) is 0. The zero-order valence-electron chi connectivity index (χ0n) is 11.2. The molecule has 2 aromatic rings. The second-order valence-corrected chi connectivity index (χ2v) is 4.84. The highest BCUT2D eigenvalue weighted by molar-refractivity contribution is 5.33. The van der Waals surface area contributed by atoms with Crippen molar-refractivity contribution in [1.82, 2.24) is 0 Å². The number of nitrogens with two attached hydrogens (primary N) is 1. The van der Waals surface area contributed by atoms with Crippen molar-refractivity contribution < 1.29 is 13.9 Å². The van der Waals surface area contributed by atoms with Crippen LogP contribution in [0, 0.1) is 18.6 Å². The van der Waals surface area contributed by atoms with E-state index < -0.39 is 17.8 Å². The lowest BCUT2D eigenvalue weighted by Crippen LogP contribution is -2.21. The van der Waals surface area contributed by atoms with Crippen LogP contribution in [0.15, 0.2) is 42.5 Å². The Morgan fingerprint density at radius 1 is 1.10 bits per heavy atom. The summed E-state index contributed by atoms with van der Waals surface area (Å²) in [6.07, 6.45) is -0.975. The molecule has 0 spiro atoms. The van der Waals surface area contributed by atoms with Crippen molar-refractivity contribution in [3.05, 3.63) is 70.8 Å². The zero-order chi connectivity index (χ0) is 14.7. The van der Waals surface area contributed by atoms with Crippen LogP contribution in [0.1, 0.15) is 28.7 Å². The average molecular weight is 277 g/mol. The molecule has 2 nitrogen and oxygen atoms in total. The molecule has 3 N–H and O–H groups in total. The van der Waals surface area contributed by atoms with E-state index in [9.17, 15) is 13.9 Å². The number of aliphatic hydroxyl groups excluding tert-OH is 1. The fraction of sp³-hybridized carbons (Fsp3) is 0.250. The van der Waals surface area contributed by atoms with E-state index in [1.165, 1.54) is 24.3 Å². The molecule has 2 atom stereocenters. The van der Waals surface area contributed by atoms with Crippen LogP contribution < -0.4 is 5.73 Å². The lowest BCUT2D eigenvalue weighted by atomic mass is 9.87. The molecule has 20 heavy (non-hydrogen) atoms. The first-order valence-electron chi connectivity index (χ1n) is 6.42. The first kappa shape index (κ1) is 14.6. The fourth-order valence-corrected chi connectivity index (χ4v) is 2.33. The molecule has 0 amide bonds. The molecule has 0 saturated heterocycles. The van der Waals surface area contributed by atoms with E-state index in [0.717, 1.165) is 5.56 Å². The van der Waals surface area contributed by atoms with E-state index in [-0.39, 0.29) is 12.4 Å². The van der Waals surface area contributed by atoms with Gasteiger partial charge in [0.1, 0.15) is 11.6 Å². The molecule has 0 aliphatic carbocycles. The molecule has 0 aromatic heterocycles. The third-order valence-corrected chi connectivity index (χ3v) is 3.47. The van der Waals surface area contributed by atoms with Gasteiger partial charge in [0.05, 0.1) is 6.10 Å². The number of hydrogen-bond donors (Lipinski definition) is 2. The Bertz CT molecular complexity index is 601. The van der Waals surface area contributed by atoms with Gasteiger partial charge in [0.25, 0.3) is 0 Å². The Morgan fingerprint density at radius 3 is 2.45 bits per heavy atom. The molecule has 2 rings (SSSR count). The van der Waals surface area contributed by atoms with Crippen LogP contribution in [0.5, 0.6) is 0 Å². The van der Waals surface area contributed by atoms with Gasteiger partial charge < -0.3 is 10.8 Å². The minimum atomic E-state index is -0.975. The molecule has 0 radical (unpaired) electrons. The van der Waals surface area contributed by atoms with E-state index in [1.807, 2.05) is 0 Å². The van der Waals surface area contributed by atoms with Crippen molar-refractivity contribution in [2.75, 3.05) is 6.54 Å². The Balaban J connectivity index is 2.38. The first-order chi connectivity index (χ1) is 9.52. The monoisotopic (exact) mass is 277 g/mol. The lowest BCUT2D eigenvalue weighted by Gasteiger charge is -2.23. The first-order valence-corrected chi connectivity index (χ1v) is 6.42. The van der Waals surface area contributed by atoms with Gasteiger partial charge >= 0.3 is 0 Å². The molecular weight excluding hydrogens is 260 g/mol. The van der Waals surface area contributed by atoms with E-state index in [2.05, 4.69) is 0 Å². The molecule has 2 aromatic carbocycles. The van der Waals surface area contributed by atoms with Gasteiger partial charge in [0.15, 0.2) is 0 Å². The topological polar surface area (TPSA) is 46.2 Å². The minimum Gasteiger partial charge on any atom is -0.388 e. The third-order valence-electron chi connectivity index (χ3n) is 3.47. The predicted octanol–water partition coefficient (Wildman–Crippen LogP) is 3.05. The molecular formula is C16H17F2NO. The summed E-state index contributed by atoms with van der Waals surface area (Å²) in [7, 11) is 0. The van der Waals surface area contributed by atoms with E-state index in [4.69, 9.17) is 5.73 Å². The molecule has 4 heteroatoms. The Morgan fingerprint density at radius 2 is 1.80 bits per heavy atom. The Labute approximate surface area is 116 Å². The molecule has 0 saturated carbocycles. The average Bonchev–Trinajstić information content (AvgIpc) is 2.42. The van der Waals surface area contributed by atoms with Crippen LogP contribution in [0.4, 0.5) is 8.78 Å². The zero-order valence-corrected chi connectivity index (χ0v) is 11.2. The van der Waals surface area contributed by atoms with E-state index in [0.29, 0.717) is 11.1 Å². The number of aryl methyl sites for hydroxylation is 1. The van der Waals surface area contributed by atoms with E-state index in [1.54, 1.807) is 25.1 Å². The van der Waals surface area contributed by atoms with Crippen LogP contribution >= 0.6 is 0 Å². The smallest absolute Gasteiger partial charge is 0.123 e. The Hall–Kier alpha value is -1.78. The molecule has 0 aliphatic heterocycles. The molecule has 106 valence electrons. The molecule has 0 fully saturated rings. The lowest BCUT2D eigenvalue weighted by molar-refractivity contribution is 0.146. The maximum absolute atomic E-state index is 13.3. The van der Waals surface area contributed by atoms with Crippen molar-refractivity contribution in [1.29, 1.82) is 0 Å². The minimum absolute atomic E-state index is 0.139. The number of halogens is 2. The fourth-order valence-electron chi connectivity index (χ4n) is 2.33. The van der Waals surface area contributed by atoms with E-state index >= 15 is 0 Å². The molecule has 2 unspecified atom stereocenters. The number of benzene rings is 2. The van der Waals surface area contributed by atoms with Gasteiger partial charge in [-0.1, -0.05) is 18.2 Å². The quantitative estimate of drug-likeness (QED) is 0.902. The molecule has 0 aliphatic rings. The highest BCUT2D eigenvalue weighted by Crippen LogP contribution is 2.32. The van der Waals surface area contributed by atoms with Gasteiger partial charge in [0.2, 0.25) is 0 Å². The predicted molar refractivity (Wildman–Crippen MR) is 74.3 cm³/mol. The normalized spacial score (nSPS) is 14.1. The van der Waals surface area contributed by atoms with Crippen molar-refractivity contribution in [3.8, 4) is 0 Å². The number of rotatable bonds is 4. The van der Waals surface area contributed by atoms with Crippen LogP contribution in [-0.2, 0) is 0 Å². The van der Waals surface area contributed by atoms with Gasteiger partial charge in [-0.25, -0.2) is 8.78 Å². The summed E-state index contributed by atoms with van der Waals surface area (Å²) >= 11 is 0. The van der Waals surface area contributed by atoms with Gasteiger partial charge in [0, 0.05) is 12.5 Å². The standard InChI is InChI=1S/C16H17F2NO/c1-10-5-6-13(18)8-14(10)16(20)15(9-19)11-3-2-4-12(17)7-11/h2-8,15-16,20H,9,19H2,1H3. The number of aliphatic hydroxyl groups is 1. The summed E-state index contributed by atoms with van der Waals surface area (Å²) in [5.74, 6) is -1.28. The third kappa shape index (κ3) is 3.03. The molecule has 0 heterocycles. The maximum Gasteiger partial charge on any atom is 0.123 e. The Kier molecular flexibility index (Phi) is 4.47.